The molecule has 0 spiro atoms. The molecular weight excluding hydrogens is 310 g/mol. The fourth-order valence-corrected chi connectivity index (χ4v) is 2.58. The number of carbonyl (C=O) groups excluding carboxylic acids is 1. The van der Waals surface area contributed by atoms with Gasteiger partial charge in [-0.15, -0.1) is 0 Å². The zero-order valence-corrected chi connectivity index (χ0v) is 14.1. The van der Waals surface area contributed by atoms with E-state index in [9.17, 15) is 4.79 Å². The van der Waals surface area contributed by atoms with E-state index in [-0.39, 0.29) is 11.9 Å². The first-order valence-corrected chi connectivity index (χ1v) is 8.32. The number of anilines is 1. The molecule has 1 heterocycles. The monoisotopic (exact) mass is 331 g/mol. The van der Waals surface area contributed by atoms with Crippen molar-refractivity contribution in [2.45, 2.75) is 19.5 Å². The summed E-state index contributed by atoms with van der Waals surface area (Å²) < 4.78 is 0. The van der Waals surface area contributed by atoms with Gasteiger partial charge in [-0.2, -0.15) is 0 Å². The number of rotatable bonds is 6. The third-order valence-electron chi connectivity index (χ3n) is 3.99. The predicted molar refractivity (Wildman–Crippen MR) is 100 cm³/mol. The van der Waals surface area contributed by atoms with Crippen LogP contribution in [0.25, 0.3) is 0 Å². The highest BCUT2D eigenvalue weighted by atomic mass is 16.1. The van der Waals surface area contributed by atoms with Crippen LogP contribution in [0.15, 0.2) is 79.0 Å². The molecule has 2 N–H and O–H groups in total. The normalized spacial score (nSPS) is 11.7. The van der Waals surface area contributed by atoms with Crippen LogP contribution in [0.1, 0.15) is 34.6 Å². The Morgan fingerprint density at radius 1 is 1.00 bits per heavy atom. The summed E-state index contributed by atoms with van der Waals surface area (Å²) in [5, 5.41) is 6.39. The van der Waals surface area contributed by atoms with Crippen LogP contribution in [-0.2, 0) is 6.54 Å². The molecular formula is C21H21N3O. The van der Waals surface area contributed by atoms with E-state index in [1.165, 1.54) is 5.56 Å². The summed E-state index contributed by atoms with van der Waals surface area (Å²) in [6, 6.07) is 23.7. The molecule has 0 saturated carbocycles. The van der Waals surface area contributed by atoms with E-state index in [1.807, 2.05) is 42.5 Å². The van der Waals surface area contributed by atoms with Crippen LogP contribution in [0, 0.1) is 0 Å². The van der Waals surface area contributed by atoms with Gasteiger partial charge in [0, 0.05) is 24.5 Å². The summed E-state index contributed by atoms with van der Waals surface area (Å²) in [5.41, 5.74) is 3.54. The van der Waals surface area contributed by atoms with Crippen molar-refractivity contribution in [3.63, 3.8) is 0 Å². The van der Waals surface area contributed by atoms with Crippen molar-refractivity contribution < 1.29 is 4.79 Å². The maximum atomic E-state index is 12.2. The molecule has 126 valence electrons. The van der Waals surface area contributed by atoms with Crippen LogP contribution < -0.4 is 10.6 Å². The third kappa shape index (κ3) is 4.75. The highest BCUT2D eigenvalue weighted by molar-refractivity contribution is 6.02. The molecule has 4 heteroatoms. The lowest BCUT2D eigenvalue weighted by Gasteiger charge is -2.15. The SMILES string of the molecule is C[C@@H](NCc1cccc(NC(=O)c2ccccn2)c1)c1ccccc1. The van der Waals surface area contributed by atoms with Crippen LogP contribution in [0.4, 0.5) is 5.69 Å². The minimum atomic E-state index is -0.205. The quantitative estimate of drug-likeness (QED) is 0.712. The van der Waals surface area contributed by atoms with Gasteiger partial charge in [0.2, 0.25) is 0 Å². The first kappa shape index (κ1) is 16.9. The molecule has 0 fully saturated rings. The highest BCUT2D eigenvalue weighted by Crippen LogP contribution is 2.15. The van der Waals surface area contributed by atoms with E-state index in [1.54, 1.807) is 24.4 Å². The summed E-state index contributed by atoms with van der Waals surface area (Å²) >= 11 is 0. The van der Waals surface area contributed by atoms with E-state index in [2.05, 4.69) is 34.7 Å². The van der Waals surface area contributed by atoms with Crippen molar-refractivity contribution in [2.75, 3.05) is 5.32 Å². The molecule has 2 aromatic carbocycles. The van der Waals surface area contributed by atoms with Gasteiger partial charge in [0.1, 0.15) is 5.69 Å². The van der Waals surface area contributed by atoms with Gasteiger partial charge in [0.05, 0.1) is 0 Å². The fraction of sp³-hybridized carbons (Fsp3) is 0.143. The molecule has 0 bridgehead atoms. The molecule has 1 amide bonds. The van der Waals surface area contributed by atoms with Gasteiger partial charge in [0.25, 0.3) is 5.91 Å². The van der Waals surface area contributed by atoms with Crippen LogP contribution >= 0.6 is 0 Å². The lowest BCUT2D eigenvalue weighted by molar-refractivity contribution is 0.102. The number of aromatic nitrogens is 1. The van der Waals surface area contributed by atoms with Gasteiger partial charge in [-0.25, -0.2) is 0 Å². The molecule has 3 rings (SSSR count). The Morgan fingerprint density at radius 3 is 2.56 bits per heavy atom. The largest absolute Gasteiger partial charge is 0.321 e. The fourth-order valence-electron chi connectivity index (χ4n) is 2.58. The van der Waals surface area contributed by atoms with Crippen molar-refractivity contribution in [3.8, 4) is 0 Å². The second kappa shape index (κ2) is 8.22. The second-order valence-corrected chi connectivity index (χ2v) is 5.88. The van der Waals surface area contributed by atoms with E-state index in [0.717, 1.165) is 17.8 Å². The Hall–Kier alpha value is -2.98. The van der Waals surface area contributed by atoms with Crippen molar-refractivity contribution in [1.29, 1.82) is 0 Å². The molecule has 0 aliphatic carbocycles. The van der Waals surface area contributed by atoms with Crippen LogP contribution in [-0.4, -0.2) is 10.9 Å². The molecule has 1 aromatic heterocycles. The molecule has 4 nitrogen and oxygen atoms in total. The number of amides is 1. The van der Waals surface area contributed by atoms with Gasteiger partial charge in [-0.1, -0.05) is 48.5 Å². The summed E-state index contributed by atoms with van der Waals surface area (Å²) in [6.45, 7) is 2.87. The lowest BCUT2D eigenvalue weighted by Crippen LogP contribution is -2.18. The summed E-state index contributed by atoms with van der Waals surface area (Å²) in [7, 11) is 0. The lowest BCUT2D eigenvalue weighted by atomic mass is 10.1. The van der Waals surface area contributed by atoms with Gasteiger partial charge in [-0.05, 0) is 42.3 Å². The minimum Gasteiger partial charge on any atom is -0.321 e. The predicted octanol–water partition coefficient (Wildman–Crippen LogP) is 4.18. The van der Waals surface area contributed by atoms with Crippen molar-refractivity contribution in [3.05, 3.63) is 95.8 Å². The van der Waals surface area contributed by atoms with Gasteiger partial charge in [0.15, 0.2) is 0 Å². The zero-order chi connectivity index (χ0) is 17.5. The molecule has 0 radical (unpaired) electrons. The number of pyridine rings is 1. The maximum absolute atomic E-state index is 12.2. The number of hydrogen-bond acceptors (Lipinski definition) is 3. The average molecular weight is 331 g/mol. The average Bonchev–Trinajstić information content (AvgIpc) is 2.68. The Bertz CT molecular complexity index is 819. The van der Waals surface area contributed by atoms with Crippen molar-refractivity contribution in [2.24, 2.45) is 0 Å². The minimum absolute atomic E-state index is 0.205. The highest BCUT2D eigenvalue weighted by Gasteiger charge is 2.08. The van der Waals surface area contributed by atoms with E-state index in [4.69, 9.17) is 0 Å². The number of benzene rings is 2. The van der Waals surface area contributed by atoms with Gasteiger partial charge >= 0.3 is 0 Å². The second-order valence-electron chi connectivity index (χ2n) is 5.88. The maximum Gasteiger partial charge on any atom is 0.274 e. The first-order chi connectivity index (χ1) is 12.2. The Balaban J connectivity index is 1.61. The number of carbonyl (C=O) groups is 1. The van der Waals surface area contributed by atoms with Crippen LogP contribution in [0.5, 0.6) is 0 Å². The first-order valence-electron chi connectivity index (χ1n) is 8.32. The van der Waals surface area contributed by atoms with E-state index in [0.29, 0.717) is 5.69 Å². The van der Waals surface area contributed by atoms with Crippen LogP contribution in [0.3, 0.4) is 0 Å². The molecule has 25 heavy (non-hydrogen) atoms. The Labute approximate surface area is 147 Å². The Morgan fingerprint density at radius 2 is 1.80 bits per heavy atom. The van der Waals surface area contributed by atoms with Gasteiger partial charge in [-0.3, -0.25) is 9.78 Å². The van der Waals surface area contributed by atoms with Crippen LogP contribution in [0.2, 0.25) is 0 Å². The number of nitrogens with one attached hydrogen (secondary N) is 2. The molecule has 1 atom stereocenters. The third-order valence-corrected chi connectivity index (χ3v) is 3.99. The summed E-state index contributed by atoms with van der Waals surface area (Å²) in [4.78, 5) is 16.3. The number of nitrogens with zero attached hydrogens (tertiary/aromatic N) is 1. The topological polar surface area (TPSA) is 54.0 Å². The zero-order valence-electron chi connectivity index (χ0n) is 14.1. The molecule has 0 saturated heterocycles. The smallest absolute Gasteiger partial charge is 0.274 e. The standard InChI is InChI=1S/C21H21N3O/c1-16(18-9-3-2-4-10-18)23-15-17-8-7-11-19(14-17)24-21(25)20-12-5-6-13-22-20/h2-14,16,23H,15H2,1H3,(H,24,25)/t16-/m1/s1. The summed E-state index contributed by atoms with van der Waals surface area (Å²) in [6.07, 6.45) is 1.61. The van der Waals surface area contributed by atoms with E-state index >= 15 is 0 Å². The van der Waals surface area contributed by atoms with E-state index < -0.39 is 0 Å². The Kier molecular flexibility index (Phi) is 5.54. The molecule has 0 aliphatic heterocycles. The molecule has 0 unspecified atom stereocenters. The van der Waals surface area contributed by atoms with Crippen molar-refractivity contribution >= 4 is 11.6 Å². The summed E-state index contributed by atoms with van der Waals surface area (Å²) in [5.74, 6) is -0.205. The molecule has 3 aromatic rings. The molecule has 0 aliphatic rings. The van der Waals surface area contributed by atoms with Crippen molar-refractivity contribution in [1.82, 2.24) is 10.3 Å². The van der Waals surface area contributed by atoms with Gasteiger partial charge < -0.3 is 10.6 Å². The number of hydrogen-bond donors (Lipinski definition) is 2.